The summed E-state index contributed by atoms with van der Waals surface area (Å²) in [6.07, 6.45) is 4.06. The van der Waals surface area contributed by atoms with Crippen LogP contribution in [-0.4, -0.2) is 29.1 Å². The van der Waals surface area contributed by atoms with Crippen molar-refractivity contribution in [2.45, 2.75) is 40.7 Å². The first-order valence-electron chi connectivity index (χ1n) is 8.00. The first-order valence-corrected chi connectivity index (χ1v) is 8.00. The van der Waals surface area contributed by atoms with Gasteiger partial charge in [0.25, 0.3) is 0 Å². The number of carboxylic acids is 1. The van der Waals surface area contributed by atoms with Gasteiger partial charge in [0.05, 0.1) is 6.42 Å². The van der Waals surface area contributed by atoms with Gasteiger partial charge >= 0.3 is 5.97 Å². The van der Waals surface area contributed by atoms with E-state index >= 15 is 0 Å². The van der Waals surface area contributed by atoms with Crippen molar-refractivity contribution in [3.63, 3.8) is 0 Å². The Morgan fingerprint density at radius 2 is 2.00 bits per heavy atom. The van der Waals surface area contributed by atoms with E-state index in [1.807, 2.05) is 30.3 Å². The zero-order valence-corrected chi connectivity index (χ0v) is 14.6. The van der Waals surface area contributed by atoms with Crippen molar-refractivity contribution in [3.05, 3.63) is 47.5 Å². The largest absolute Gasteiger partial charge is 0.481 e. The SMILES string of the molecule is CCN(C/C=C/C#CC(C)(C)C)Cc1cccc(CC(=O)O)c1. The van der Waals surface area contributed by atoms with Gasteiger partial charge < -0.3 is 5.11 Å². The van der Waals surface area contributed by atoms with E-state index in [1.54, 1.807) is 0 Å². The van der Waals surface area contributed by atoms with Crippen molar-refractivity contribution < 1.29 is 9.90 Å². The number of carbonyl (C=O) groups is 1. The Morgan fingerprint density at radius 3 is 2.61 bits per heavy atom. The standard InChI is InChI=1S/C20H27NO2/c1-5-21(13-8-6-7-12-20(2,3)4)16-18-11-9-10-17(14-18)15-19(22)23/h6,8-11,14H,5,13,15-16H2,1-4H3,(H,22,23)/b8-6+. The van der Waals surface area contributed by atoms with Crippen LogP contribution in [0.4, 0.5) is 0 Å². The van der Waals surface area contributed by atoms with E-state index in [9.17, 15) is 4.79 Å². The Bertz CT molecular complexity index is 600. The molecule has 1 aromatic carbocycles. The number of allylic oxidation sites excluding steroid dienone is 1. The third kappa shape index (κ3) is 8.85. The average molecular weight is 313 g/mol. The van der Waals surface area contributed by atoms with Gasteiger partial charge in [-0.05, 0) is 44.5 Å². The van der Waals surface area contributed by atoms with Gasteiger partial charge in [-0.2, -0.15) is 0 Å². The molecule has 0 aliphatic heterocycles. The number of nitrogens with zero attached hydrogens (tertiary/aromatic N) is 1. The molecular formula is C20H27NO2. The van der Waals surface area contributed by atoms with Gasteiger partial charge in [-0.25, -0.2) is 0 Å². The summed E-state index contributed by atoms with van der Waals surface area (Å²) in [5.41, 5.74) is 2.01. The predicted molar refractivity (Wildman–Crippen MR) is 95.1 cm³/mol. The molecule has 0 aliphatic carbocycles. The minimum Gasteiger partial charge on any atom is -0.481 e. The first kappa shape index (κ1) is 19.0. The van der Waals surface area contributed by atoms with Crippen molar-refractivity contribution in [1.29, 1.82) is 0 Å². The third-order valence-corrected chi connectivity index (χ3v) is 3.21. The van der Waals surface area contributed by atoms with Gasteiger partial charge in [0, 0.05) is 18.5 Å². The minimum absolute atomic E-state index is 0.0271. The van der Waals surface area contributed by atoms with Crippen LogP contribution in [0.15, 0.2) is 36.4 Å². The molecule has 0 saturated heterocycles. The summed E-state index contributed by atoms with van der Waals surface area (Å²) in [6.45, 7) is 11.0. The molecule has 0 aromatic heterocycles. The predicted octanol–water partition coefficient (Wildman–Crippen LogP) is 3.74. The van der Waals surface area contributed by atoms with E-state index in [1.165, 1.54) is 0 Å². The van der Waals surface area contributed by atoms with Gasteiger partial charge in [0.2, 0.25) is 0 Å². The summed E-state index contributed by atoms with van der Waals surface area (Å²) in [5, 5.41) is 8.88. The Labute approximate surface area is 140 Å². The molecule has 0 fully saturated rings. The molecule has 0 bridgehead atoms. The summed E-state index contributed by atoms with van der Waals surface area (Å²) >= 11 is 0. The maximum absolute atomic E-state index is 10.8. The van der Waals surface area contributed by atoms with Crippen LogP contribution in [0, 0.1) is 17.3 Å². The number of benzene rings is 1. The van der Waals surface area contributed by atoms with Gasteiger partial charge in [-0.3, -0.25) is 9.69 Å². The van der Waals surface area contributed by atoms with Crippen molar-refractivity contribution in [3.8, 4) is 11.8 Å². The summed E-state index contributed by atoms with van der Waals surface area (Å²) in [4.78, 5) is 13.1. The molecule has 1 rings (SSSR count). The van der Waals surface area contributed by atoms with E-state index in [2.05, 4.69) is 50.5 Å². The van der Waals surface area contributed by atoms with Crippen LogP contribution in [0.2, 0.25) is 0 Å². The minimum atomic E-state index is -0.796. The highest BCUT2D eigenvalue weighted by Crippen LogP contribution is 2.10. The number of aliphatic carboxylic acids is 1. The molecule has 1 N–H and O–H groups in total. The molecular weight excluding hydrogens is 286 g/mol. The topological polar surface area (TPSA) is 40.5 Å². The van der Waals surface area contributed by atoms with Gasteiger partial charge in [0.1, 0.15) is 0 Å². The van der Waals surface area contributed by atoms with Gasteiger partial charge in [-0.1, -0.05) is 49.1 Å². The first-order chi connectivity index (χ1) is 10.8. The molecule has 0 radical (unpaired) electrons. The van der Waals surface area contributed by atoms with Crippen LogP contribution in [0.1, 0.15) is 38.8 Å². The number of rotatable bonds is 7. The Balaban J connectivity index is 2.60. The number of hydrogen-bond donors (Lipinski definition) is 1. The van der Waals surface area contributed by atoms with Crippen LogP contribution in [-0.2, 0) is 17.8 Å². The number of carboxylic acid groups (broad SMARTS) is 1. The fraction of sp³-hybridized carbons (Fsp3) is 0.450. The molecule has 0 spiro atoms. The maximum Gasteiger partial charge on any atom is 0.307 e. The molecule has 0 saturated carbocycles. The monoisotopic (exact) mass is 313 g/mol. The van der Waals surface area contributed by atoms with Crippen LogP contribution in [0.3, 0.4) is 0 Å². The molecule has 1 aromatic rings. The molecule has 0 atom stereocenters. The molecule has 23 heavy (non-hydrogen) atoms. The normalized spacial score (nSPS) is 11.5. The van der Waals surface area contributed by atoms with Crippen LogP contribution >= 0.6 is 0 Å². The van der Waals surface area contributed by atoms with Crippen molar-refractivity contribution >= 4 is 5.97 Å². The van der Waals surface area contributed by atoms with Crippen LogP contribution in [0.5, 0.6) is 0 Å². The maximum atomic E-state index is 10.8. The second-order valence-corrected chi connectivity index (χ2v) is 6.64. The van der Waals surface area contributed by atoms with E-state index in [0.29, 0.717) is 0 Å². The van der Waals surface area contributed by atoms with Crippen molar-refractivity contribution in [1.82, 2.24) is 4.90 Å². The quantitative estimate of drug-likeness (QED) is 0.780. The lowest BCUT2D eigenvalue weighted by molar-refractivity contribution is -0.136. The lowest BCUT2D eigenvalue weighted by Gasteiger charge is -2.18. The van der Waals surface area contributed by atoms with E-state index in [0.717, 1.165) is 30.8 Å². The molecule has 0 aliphatic rings. The zero-order chi connectivity index (χ0) is 17.3. The molecule has 0 amide bonds. The Kier molecular flexibility index (Phi) is 7.57. The third-order valence-electron chi connectivity index (χ3n) is 3.21. The summed E-state index contributed by atoms with van der Waals surface area (Å²) in [7, 11) is 0. The number of likely N-dealkylation sites (N-methyl/N-ethyl adjacent to an activating group) is 1. The average Bonchev–Trinajstić information content (AvgIpc) is 2.44. The summed E-state index contributed by atoms with van der Waals surface area (Å²) < 4.78 is 0. The van der Waals surface area contributed by atoms with Crippen molar-refractivity contribution in [2.24, 2.45) is 5.41 Å². The fourth-order valence-corrected chi connectivity index (χ4v) is 2.10. The highest BCUT2D eigenvalue weighted by atomic mass is 16.4. The second kappa shape index (κ2) is 9.17. The number of hydrogen-bond acceptors (Lipinski definition) is 2. The molecule has 124 valence electrons. The molecule has 0 heterocycles. The van der Waals surface area contributed by atoms with Crippen LogP contribution in [0.25, 0.3) is 0 Å². The molecule has 3 heteroatoms. The fourth-order valence-electron chi connectivity index (χ4n) is 2.10. The van der Waals surface area contributed by atoms with E-state index in [-0.39, 0.29) is 11.8 Å². The summed E-state index contributed by atoms with van der Waals surface area (Å²) in [5.74, 6) is 5.46. The van der Waals surface area contributed by atoms with Crippen molar-refractivity contribution in [2.75, 3.05) is 13.1 Å². The van der Waals surface area contributed by atoms with Crippen LogP contribution < -0.4 is 0 Å². The highest BCUT2D eigenvalue weighted by molar-refractivity contribution is 5.70. The van der Waals surface area contributed by atoms with E-state index in [4.69, 9.17) is 5.11 Å². The lowest BCUT2D eigenvalue weighted by atomic mass is 9.98. The van der Waals surface area contributed by atoms with Gasteiger partial charge in [-0.15, -0.1) is 0 Å². The van der Waals surface area contributed by atoms with E-state index < -0.39 is 5.97 Å². The van der Waals surface area contributed by atoms with Gasteiger partial charge in [0.15, 0.2) is 0 Å². The highest BCUT2D eigenvalue weighted by Gasteiger charge is 2.05. The summed E-state index contributed by atoms with van der Waals surface area (Å²) in [6, 6.07) is 7.79. The second-order valence-electron chi connectivity index (χ2n) is 6.64. The molecule has 0 unspecified atom stereocenters. The lowest BCUT2D eigenvalue weighted by Crippen LogP contribution is -2.22. The smallest absolute Gasteiger partial charge is 0.307 e. The Morgan fingerprint density at radius 1 is 1.30 bits per heavy atom. The zero-order valence-electron chi connectivity index (χ0n) is 14.6. The Hall–Kier alpha value is -2.05. The molecule has 3 nitrogen and oxygen atoms in total.